The molecule has 1 aliphatic heterocycles. The van der Waals surface area contributed by atoms with Gasteiger partial charge in [0, 0.05) is 42.3 Å². The second kappa shape index (κ2) is 24.5. The fourth-order valence-corrected chi connectivity index (χ4v) is 6.51. The van der Waals surface area contributed by atoms with Crippen molar-refractivity contribution in [1.29, 1.82) is 0 Å². The summed E-state index contributed by atoms with van der Waals surface area (Å²) < 4.78 is 22.8. The van der Waals surface area contributed by atoms with Gasteiger partial charge in [0.25, 0.3) is 0 Å². The number of hydrogen-bond acceptors (Lipinski definition) is 7. The summed E-state index contributed by atoms with van der Waals surface area (Å²) in [5, 5.41) is 12.0. The molecule has 1 fully saturated rings. The molecule has 11 nitrogen and oxygen atoms in total. The number of carbonyl (C=O) groups excluding carboxylic acids is 3. The van der Waals surface area contributed by atoms with Gasteiger partial charge in [-0.2, -0.15) is 0 Å². The van der Waals surface area contributed by atoms with Gasteiger partial charge in [0.2, 0.25) is 23.3 Å². The molecule has 284 valence electrons. The van der Waals surface area contributed by atoms with Gasteiger partial charge in [0.15, 0.2) is 11.5 Å². The molecule has 1 aromatic carbocycles. The highest BCUT2D eigenvalue weighted by Crippen LogP contribution is 2.50. The van der Waals surface area contributed by atoms with Crippen molar-refractivity contribution in [3.8, 4) is 23.0 Å². The monoisotopic (exact) mass is 702 g/mol. The summed E-state index contributed by atoms with van der Waals surface area (Å²) >= 11 is 0. The lowest BCUT2D eigenvalue weighted by Crippen LogP contribution is -2.30. The van der Waals surface area contributed by atoms with Crippen LogP contribution < -0.4 is 40.2 Å². The largest absolute Gasteiger partial charge is 0.492 e. The van der Waals surface area contributed by atoms with E-state index in [1.54, 1.807) is 28.4 Å². The van der Waals surface area contributed by atoms with Crippen LogP contribution in [0.2, 0.25) is 0 Å². The molecule has 1 aliphatic rings. The normalized spacial score (nSPS) is 15.7. The highest BCUT2D eigenvalue weighted by atomic mass is 16.5. The standard InChI is InChI=1S/C39H66N4O7/c1-8-9-10-11-12-13-17-22-30(27-31-28(2)34(47-4)36(49-6)37(50-7)35(31)48-5)38(45)41-26-21-15-14-20-25-40-33(44)24-19-16-18-23-32-29(3)42-39(46)43-32/h27,29,32H,8-26H2,1-7H3,(H,40,44)(H,41,45)(H2,42,43,46)/b30-27+/t29-,32+/m0/s1. The molecule has 2 rings (SSSR count). The van der Waals surface area contributed by atoms with E-state index in [-0.39, 0.29) is 29.9 Å². The lowest BCUT2D eigenvalue weighted by molar-refractivity contribution is -0.121. The van der Waals surface area contributed by atoms with Gasteiger partial charge in [0.05, 0.1) is 34.5 Å². The van der Waals surface area contributed by atoms with Crippen LogP contribution in [0.1, 0.15) is 134 Å². The molecule has 0 radical (unpaired) electrons. The van der Waals surface area contributed by atoms with Crippen LogP contribution in [0.4, 0.5) is 4.79 Å². The first-order chi connectivity index (χ1) is 24.2. The Labute approximate surface area is 301 Å². The number of amides is 4. The minimum absolute atomic E-state index is 0.0716. The molecule has 0 aromatic heterocycles. The van der Waals surface area contributed by atoms with Crippen LogP contribution in [0.15, 0.2) is 5.57 Å². The van der Waals surface area contributed by atoms with E-state index in [9.17, 15) is 14.4 Å². The summed E-state index contributed by atoms with van der Waals surface area (Å²) in [5.74, 6) is 1.95. The van der Waals surface area contributed by atoms with Gasteiger partial charge in [-0.15, -0.1) is 0 Å². The Kier molecular flexibility index (Phi) is 20.8. The number of hydrogen-bond donors (Lipinski definition) is 4. The Morgan fingerprint density at radius 1 is 0.680 bits per heavy atom. The van der Waals surface area contributed by atoms with Crippen molar-refractivity contribution in [2.75, 3.05) is 41.5 Å². The van der Waals surface area contributed by atoms with E-state index in [1.165, 1.54) is 32.1 Å². The number of nitrogens with one attached hydrogen (secondary N) is 4. The zero-order valence-corrected chi connectivity index (χ0v) is 32.0. The predicted molar refractivity (Wildman–Crippen MR) is 200 cm³/mol. The highest BCUT2D eigenvalue weighted by molar-refractivity contribution is 5.99. The van der Waals surface area contributed by atoms with Gasteiger partial charge < -0.3 is 40.2 Å². The maximum atomic E-state index is 13.6. The average Bonchev–Trinajstić information content (AvgIpc) is 3.43. The summed E-state index contributed by atoms with van der Waals surface area (Å²) in [4.78, 5) is 37.2. The minimum atomic E-state index is -0.0902. The Morgan fingerprint density at radius 2 is 1.22 bits per heavy atom. The first-order valence-electron chi connectivity index (χ1n) is 18.9. The van der Waals surface area contributed by atoms with Crippen molar-refractivity contribution in [3.05, 3.63) is 16.7 Å². The Morgan fingerprint density at radius 3 is 1.82 bits per heavy atom. The molecule has 0 saturated carbocycles. The Hall–Kier alpha value is -3.63. The van der Waals surface area contributed by atoms with E-state index >= 15 is 0 Å². The van der Waals surface area contributed by atoms with Crippen molar-refractivity contribution >= 4 is 23.9 Å². The SMILES string of the molecule is CCCCCCCCC/C(=C\c1c(C)c(OC)c(OC)c(OC)c1OC)C(=O)NCCCCCCNC(=O)CCCCC[C@H]1NC(=O)N[C@H]1C. The molecule has 0 bridgehead atoms. The van der Waals surface area contributed by atoms with Crippen LogP contribution in [0, 0.1) is 6.92 Å². The number of urea groups is 1. The smallest absolute Gasteiger partial charge is 0.315 e. The van der Waals surface area contributed by atoms with Crippen molar-refractivity contribution in [2.24, 2.45) is 0 Å². The van der Waals surface area contributed by atoms with Gasteiger partial charge in [0.1, 0.15) is 0 Å². The van der Waals surface area contributed by atoms with E-state index < -0.39 is 0 Å². The Bertz CT molecular complexity index is 1220. The summed E-state index contributed by atoms with van der Waals surface area (Å²) in [5.41, 5.74) is 2.25. The molecule has 1 aromatic rings. The molecule has 4 amide bonds. The minimum Gasteiger partial charge on any atom is -0.492 e. The molecular weight excluding hydrogens is 636 g/mol. The third-order valence-corrected chi connectivity index (χ3v) is 9.49. The van der Waals surface area contributed by atoms with Crippen LogP contribution in [0.25, 0.3) is 6.08 Å². The molecule has 4 N–H and O–H groups in total. The number of rotatable bonds is 27. The van der Waals surface area contributed by atoms with Crippen molar-refractivity contribution in [3.63, 3.8) is 0 Å². The second-order valence-electron chi connectivity index (χ2n) is 13.3. The topological polar surface area (TPSA) is 136 Å². The summed E-state index contributed by atoms with van der Waals surface area (Å²) in [6.45, 7) is 7.42. The average molecular weight is 703 g/mol. The van der Waals surface area contributed by atoms with Gasteiger partial charge in [-0.1, -0.05) is 71.1 Å². The molecule has 50 heavy (non-hydrogen) atoms. The maximum absolute atomic E-state index is 13.6. The zero-order valence-electron chi connectivity index (χ0n) is 32.0. The first kappa shape index (κ1) is 42.5. The van der Waals surface area contributed by atoms with Gasteiger partial charge in [-0.25, -0.2) is 4.79 Å². The molecule has 0 spiro atoms. The van der Waals surface area contributed by atoms with E-state index in [2.05, 4.69) is 28.2 Å². The Balaban J connectivity index is 1.83. The van der Waals surface area contributed by atoms with E-state index in [0.717, 1.165) is 75.3 Å². The summed E-state index contributed by atoms with van der Waals surface area (Å²) in [7, 11) is 6.30. The first-order valence-corrected chi connectivity index (χ1v) is 18.9. The molecule has 1 heterocycles. The van der Waals surface area contributed by atoms with Crippen LogP contribution in [-0.2, 0) is 9.59 Å². The van der Waals surface area contributed by atoms with Gasteiger partial charge >= 0.3 is 6.03 Å². The number of benzene rings is 1. The number of carbonyl (C=O) groups is 3. The fraction of sp³-hybridized carbons (Fsp3) is 0.718. The van der Waals surface area contributed by atoms with E-state index in [1.807, 2.05) is 19.9 Å². The molecular formula is C39H66N4O7. The summed E-state index contributed by atoms with van der Waals surface area (Å²) in [6, 6.07) is 0.248. The van der Waals surface area contributed by atoms with Gasteiger partial charge in [-0.3, -0.25) is 9.59 Å². The maximum Gasteiger partial charge on any atom is 0.315 e. The zero-order chi connectivity index (χ0) is 36.7. The van der Waals surface area contributed by atoms with E-state index in [0.29, 0.717) is 54.5 Å². The van der Waals surface area contributed by atoms with Crippen LogP contribution in [0.5, 0.6) is 23.0 Å². The third kappa shape index (κ3) is 14.3. The lowest BCUT2D eigenvalue weighted by atomic mass is 9.98. The van der Waals surface area contributed by atoms with Crippen molar-refractivity contribution in [1.82, 2.24) is 21.3 Å². The molecule has 0 aliphatic carbocycles. The van der Waals surface area contributed by atoms with Crippen molar-refractivity contribution in [2.45, 2.75) is 142 Å². The van der Waals surface area contributed by atoms with Crippen LogP contribution in [0.3, 0.4) is 0 Å². The molecule has 0 unspecified atom stereocenters. The lowest BCUT2D eigenvalue weighted by Gasteiger charge is -2.21. The molecule has 11 heteroatoms. The third-order valence-electron chi connectivity index (χ3n) is 9.49. The second-order valence-corrected chi connectivity index (χ2v) is 13.3. The number of unbranched alkanes of at least 4 members (excludes halogenated alkanes) is 11. The fourth-order valence-electron chi connectivity index (χ4n) is 6.51. The van der Waals surface area contributed by atoms with Crippen LogP contribution >= 0.6 is 0 Å². The molecule has 2 atom stereocenters. The summed E-state index contributed by atoms with van der Waals surface area (Å²) in [6.07, 6.45) is 18.8. The number of methoxy groups -OCH3 is 4. The number of ether oxygens (including phenoxy) is 4. The van der Waals surface area contributed by atoms with Gasteiger partial charge in [-0.05, 0) is 58.4 Å². The predicted octanol–water partition coefficient (Wildman–Crippen LogP) is 7.37. The molecule has 1 saturated heterocycles. The highest BCUT2D eigenvalue weighted by Gasteiger charge is 2.27. The van der Waals surface area contributed by atoms with Crippen LogP contribution in [-0.4, -0.2) is 71.5 Å². The van der Waals surface area contributed by atoms with E-state index in [4.69, 9.17) is 18.9 Å². The van der Waals surface area contributed by atoms with Crippen molar-refractivity contribution < 1.29 is 33.3 Å². The quantitative estimate of drug-likeness (QED) is 0.0555.